The molecule has 0 amide bonds. The van der Waals surface area contributed by atoms with E-state index in [0.29, 0.717) is 15.6 Å². The summed E-state index contributed by atoms with van der Waals surface area (Å²) in [6.45, 7) is 2.94. The lowest BCUT2D eigenvalue weighted by molar-refractivity contribution is 0.220. The molecule has 31 heavy (non-hydrogen) atoms. The molecule has 0 radical (unpaired) electrons. The van der Waals surface area contributed by atoms with Crippen LogP contribution in [-0.2, 0) is 17.3 Å². The zero-order valence-corrected chi connectivity index (χ0v) is 18.5. The minimum Gasteiger partial charge on any atom is -0.299 e. The van der Waals surface area contributed by atoms with Crippen LogP contribution in [0.25, 0.3) is 0 Å². The van der Waals surface area contributed by atoms with Crippen LogP contribution in [-0.4, -0.2) is 27.2 Å². The first-order valence-corrected chi connectivity index (χ1v) is 11.9. The third-order valence-corrected chi connectivity index (χ3v) is 7.38. The smallest absolute Gasteiger partial charge is 0.128 e. The molecule has 0 aliphatic carbocycles. The Labute approximate surface area is 188 Å². The number of pyridine rings is 1. The fraction of sp³-hybridized carbons (Fsp3) is 0.292. The SMILES string of the molecule is O=S(c1ccc(Cl)cc1)C(c1ccc(CN2CCCCC2)cn1)c1cc(F)ccc1F. The average Bonchev–Trinajstić information content (AvgIpc) is 2.78. The van der Waals surface area contributed by atoms with Gasteiger partial charge in [-0.15, -0.1) is 0 Å². The highest BCUT2D eigenvalue weighted by Crippen LogP contribution is 2.33. The number of hydrogen-bond acceptors (Lipinski definition) is 3. The van der Waals surface area contributed by atoms with Gasteiger partial charge in [-0.2, -0.15) is 0 Å². The van der Waals surface area contributed by atoms with Gasteiger partial charge in [0.2, 0.25) is 0 Å². The van der Waals surface area contributed by atoms with Gasteiger partial charge in [0.15, 0.2) is 0 Å². The Balaban J connectivity index is 1.67. The van der Waals surface area contributed by atoms with Gasteiger partial charge in [-0.3, -0.25) is 14.1 Å². The van der Waals surface area contributed by atoms with Crippen LogP contribution in [0.3, 0.4) is 0 Å². The molecule has 3 aromatic rings. The molecule has 1 aliphatic rings. The molecule has 2 heterocycles. The molecule has 162 valence electrons. The molecule has 0 spiro atoms. The first-order chi connectivity index (χ1) is 15.0. The van der Waals surface area contributed by atoms with Gasteiger partial charge in [0, 0.05) is 28.2 Å². The summed E-state index contributed by atoms with van der Waals surface area (Å²) < 4.78 is 42.1. The summed E-state index contributed by atoms with van der Waals surface area (Å²) in [5, 5.41) is -0.435. The molecule has 2 atom stereocenters. The van der Waals surface area contributed by atoms with Crippen molar-refractivity contribution in [2.75, 3.05) is 13.1 Å². The Hall–Kier alpha value is -2.15. The number of likely N-dealkylation sites (tertiary alicyclic amines) is 1. The van der Waals surface area contributed by atoms with Gasteiger partial charge in [0.1, 0.15) is 16.9 Å². The summed E-state index contributed by atoms with van der Waals surface area (Å²) in [5.74, 6) is -1.20. The number of halogens is 3. The predicted octanol–water partition coefficient (Wildman–Crippen LogP) is 5.90. The summed E-state index contributed by atoms with van der Waals surface area (Å²) in [6.07, 6.45) is 5.41. The van der Waals surface area contributed by atoms with Crippen molar-refractivity contribution in [3.8, 4) is 0 Å². The maximum Gasteiger partial charge on any atom is 0.128 e. The molecule has 0 saturated carbocycles. The molecular weight excluding hydrogens is 438 g/mol. The lowest BCUT2D eigenvalue weighted by Gasteiger charge is -2.26. The van der Waals surface area contributed by atoms with Crippen molar-refractivity contribution >= 4 is 22.4 Å². The molecule has 1 fully saturated rings. The number of benzene rings is 2. The van der Waals surface area contributed by atoms with Crippen LogP contribution >= 0.6 is 11.6 Å². The second-order valence-electron chi connectivity index (χ2n) is 7.73. The average molecular weight is 461 g/mol. The van der Waals surface area contributed by atoms with Crippen LogP contribution < -0.4 is 0 Å². The maximum atomic E-state index is 14.7. The van der Waals surface area contributed by atoms with Gasteiger partial charge in [0.05, 0.1) is 16.5 Å². The zero-order valence-electron chi connectivity index (χ0n) is 16.9. The van der Waals surface area contributed by atoms with E-state index in [4.69, 9.17) is 11.6 Å². The molecule has 1 aliphatic heterocycles. The van der Waals surface area contributed by atoms with Gasteiger partial charge in [-0.05, 0) is 80.0 Å². The molecule has 0 bridgehead atoms. The van der Waals surface area contributed by atoms with E-state index in [-0.39, 0.29) is 5.56 Å². The van der Waals surface area contributed by atoms with Crippen molar-refractivity contribution in [2.45, 2.75) is 36.0 Å². The van der Waals surface area contributed by atoms with E-state index >= 15 is 0 Å². The molecule has 1 aromatic heterocycles. The predicted molar refractivity (Wildman–Crippen MR) is 119 cm³/mol. The monoisotopic (exact) mass is 460 g/mol. The largest absolute Gasteiger partial charge is 0.299 e. The van der Waals surface area contributed by atoms with Crippen LogP contribution in [0.1, 0.15) is 41.3 Å². The quantitative estimate of drug-likeness (QED) is 0.459. The van der Waals surface area contributed by atoms with Gasteiger partial charge < -0.3 is 0 Å². The van der Waals surface area contributed by atoms with E-state index in [1.165, 1.54) is 19.3 Å². The van der Waals surface area contributed by atoms with Gasteiger partial charge in [-0.1, -0.05) is 24.1 Å². The lowest BCUT2D eigenvalue weighted by Crippen LogP contribution is -2.29. The van der Waals surface area contributed by atoms with Crippen LogP contribution in [0.2, 0.25) is 5.02 Å². The Morgan fingerprint density at radius 2 is 1.74 bits per heavy atom. The summed E-state index contributed by atoms with van der Waals surface area (Å²) in [7, 11) is -1.70. The normalized spacial score (nSPS) is 16.7. The molecule has 2 aromatic carbocycles. The molecule has 4 rings (SSSR count). The molecule has 2 unspecified atom stereocenters. The number of piperidine rings is 1. The molecule has 7 heteroatoms. The number of nitrogens with zero attached hydrogens (tertiary/aromatic N) is 2. The fourth-order valence-electron chi connectivity index (χ4n) is 3.86. The van der Waals surface area contributed by atoms with Crippen molar-refractivity contribution in [1.82, 2.24) is 9.88 Å². The van der Waals surface area contributed by atoms with Gasteiger partial charge in [0.25, 0.3) is 0 Å². The van der Waals surface area contributed by atoms with Gasteiger partial charge >= 0.3 is 0 Å². The highest BCUT2D eigenvalue weighted by Gasteiger charge is 2.27. The van der Waals surface area contributed by atoms with E-state index in [1.54, 1.807) is 36.5 Å². The summed E-state index contributed by atoms with van der Waals surface area (Å²) in [6, 6.07) is 13.4. The first kappa shape index (κ1) is 22.1. The second-order valence-corrected chi connectivity index (χ2v) is 9.70. The van der Waals surface area contributed by atoms with Crippen molar-refractivity contribution in [3.05, 3.63) is 94.3 Å². The van der Waals surface area contributed by atoms with E-state index in [9.17, 15) is 13.0 Å². The summed E-state index contributed by atoms with van der Waals surface area (Å²) in [4.78, 5) is 7.38. The van der Waals surface area contributed by atoms with Gasteiger partial charge in [-0.25, -0.2) is 8.78 Å². The van der Waals surface area contributed by atoms with E-state index in [0.717, 1.165) is 43.4 Å². The highest BCUT2D eigenvalue weighted by atomic mass is 35.5. The van der Waals surface area contributed by atoms with Crippen LogP contribution in [0.5, 0.6) is 0 Å². The zero-order chi connectivity index (χ0) is 21.8. The molecular formula is C24H23ClF2N2OS. The number of rotatable bonds is 6. The van der Waals surface area contributed by atoms with Crippen molar-refractivity contribution in [2.24, 2.45) is 0 Å². The topological polar surface area (TPSA) is 33.2 Å². The lowest BCUT2D eigenvalue weighted by atomic mass is 10.1. The van der Waals surface area contributed by atoms with Crippen molar-refractivity contribution < 1.29 is 13.0 Å². The van der Waals surface area contributed by atoms with Crippen LogP contribution in [0.4, 0.5) is 8.78 Å². The Bertz CT molecular complexity index is 1050. The Kier molecular flexibility index (Phi) is 7.10. The summed E-state index contributed by atoms with van der Waals surface area (Å²) >= 11 is 5.95. The third-order valence-electron chi connectivity index (χ3n) is 5.47. The standard InChI is InChI=1S/C24H23ClF2N2OS/c25-18-5-8-20(9-6-18)31(30)24(21-14-19(26)7-10-22(21)27)23-11-4-17(15-28-23)16-29-12-2-1-3-13-29/h4-11,14-15,24H,1-3,12-13,16H2. The van der Waals surface area contributed by atoms with E-state index in [2.05, 4.69) is 9.88 Å². The molecule has 0 N–H and O–H groups in total. The third kappa shape index (κ3) is 5.37. The summed E-state index contributed by atoms with van der Waals surface area (Å²) in [5.41, 5.74) is 1.49. The van der Waals surface area contributed by atoms with E-state index in [1.807, 2.05) is 6.07 Å². The molecule has 1 saturated heterocycles. The first-order valence-electron chi connectivity index (χ1n) is 10.3. The minimum absolute atomic E-state index is 0.0181. The van der Waals surface area contributed by atoms with Crippen LogP contribution in [0, 0.1) is 11.6 Å². The Morgan fingerprint density at radius 3 is 2.42 bits per heavy atom. The fourth-order valence-corrected chi connectivity index (χ4v) is 5.44. The maximum absolute atomic E-state index is 14.7. The number of hydrogen-bond donors (Lipinski definition) is 0. The number of aromatic nitrogens is 1. The Morgan fingerprint density at radius 1 is 1.00 bits per heavy atom. The van der Waals surface area contributed by atoms with E-state index < -0.39 is 27.7 Å². The van der Waals surface area contributed by atoms with Crippen molar-refractivity contribution in [3.63, 3.8) is 0 Å². The van der Waals surface area contributed by atoms with Crippen molar-refractivity contribution in [1.29, 1.82) is 0 Å². The minimum atomic E-state index is -1.70. The van der Waals surface area contributed by atoms with Crippen LogP contribution in [0.15, 0.2) is 65.7 Å². The highest BCUT2D eigenvalue weighted by molar-refractivity contribution is 7.85. The molecule has 3 nitrogen and oxygen atoms in total. The second kappa shape index (κ2) is 9.98.